The summed E-state index contributed by atoms with van der Waals surface area (Å²) in [4.78, 5) is 6.66. The molecule has 0 saturated carbocycles. The third-order valence-electron chi connectivity index (χ3n) is 3.85. The quantitative estimate of drug-likeness (QED) is 0.864. The van der Waals surface area contributed by atoms with Crippen LogP contribution in [0.5, 0.6) is 0 Å². The van der Waals surface area contributed by atoms with Gasteiger partial charge in [-0.3, -0.25) is 0 Å². The molecule has 18 heavy (non-hydrogen) atoms. The van der Waals surface area contributed by atoms with Crippen LogP contribution in [0.1, 0.15) is 37.9 Å². The summed E-state index contributed by atoms with van der Waals surface area (Å²) in [6.07, 6.45) is 5.31. The molecule has 0 aliphatic carbocycles. The molecule has 0 spiro atoms. The zero-order chi connectivity index (χ0) is 13.1. The molecule has 0 aromatic carbocycles. The zero-order valence-corrected chi connectivity index (χ0v) is 12.1. The lowest BCUT2D eigenvalue weighted by Crippen LogP contribution is -2.29. The van der Waals surface area contributed by atoms with E-state index in [2.05, 4.69) is 53.9 Å². The summed E-state index contributed by atoms with van der Waals surface area (Å²) in [6, 6.07) is 0.512. The molecule has 1 aliphatic heterocycles. The second kappa shape index (κ2) is 5.85. The van der Waals surface area contributed by atoms with E-state index in [4.69, 9.17) is 0 Å². The van der Waals surface area contributed by atoms with Crippen molar-refractivity contribution >= 4 is 0 Å². The minimum Gasteiger partial charge on any atom is -0.330 e. The van der Waals surface area contributed by atoms with Crippen LogP contribution in [-0.2, 0) is 0 Å². The van der Waals surface area contributed by atoms with Crippen molar-refractivity contribution < 1.29 is 0 Å². The molecule has 0 radical (unpaired) electrons. The molecule has 2 atom stereocenters. The second-order valence-corrected chi connectivity index (χ2v) is 5.99. The van der Waals surface area contributed by atoms with E-state index in [1.165, 1.54) is 12.1 Å². The number of rotatable bonds is 5. The fraction of sp³-hybridized carbons (Fsp3) is 0.786. The maximum atomic E-state index is 4.39. The fourth-order valence-electron chi connectivity index (χ4n) is 2.81. The summed E-state index contributed by atoms with van der Waals surface area (Å²) in [5.74, 6) is 1.26. The lowest BCUT2D eigenvalue weighted by molar-refractivity contribution is 0.263. The molecule has 2 rings (SSSR count). The summed E-state index contributed by atoms with van der Waals surface area (Å²) < 4.78 is 2.41. The topological polar surface area (TPSA) is 33.1 Å². The van der Waals surface area contributed by atoms with E-state index < -0.39 is 0 Å². The van der Waals surface area contributed by atoms with E-state index in [0.29, 0.717) is 17.9 Å². The zero-order valence-electron chi connectivity index (χ0n) is 12.1. The molecule has 1 aromatic rings. The van der Waals surface area contributed by atoms with Gasteiger partial charge in [0.05, 0.1) is 6.33 Å². The number of hydrogen-bond donors (Lipinski definition) is 1. The Labute approximate surface area is 110 Å². The Hall–Kier alpha value is -0.870. The van der Waals surface area contributed by atoms with Crippen molar-refractivity contribution in [2.75, 3.05) is 33.7 Å². The second-order valence-electron chi connectivity index (χ2n) is 5.99. The van der Waals surface area contributed by atoms with E-state index in [1.807, 2.05) is 6.33 Å². The lowest BCUT2D eigenvalue weighted by atomic mass is 10.0. The van der Waals surface area contributed by atoms with Crippen molar-refractivity contribution in [3.63, 3.8) is 0 Å². The first-order valence-corrected chi connectivity index (χ1v) is 6.96. The Kier molecular flexibility index (Phi) is 4.40. The average Bonchev–Trinajstić information content (AvgIpc) is 2.95. The Morgan fingerprint density at radius 1 is 1.50 bits per heavy atom. The van der Waals surface area contributed by atoms with Gasteiger partial charge in [-0.1, -0.05) is 13.8 Å². The average molecular weight is 250 g/mol. The highest BCUT2D eigenvalue weighted by molar-refractivity contribution is 5.11. The third-order valence-corrected chi connectivity index (χ3v) is 3.85. The van der Waals surface area contributed by atoms with Crippen molar-refractivity contribution in [1.82, 2.24) is 19.8 Å². The number of nitrogens with one attached hydrogen (secondary N) is 1. The van der Waals surface area contributed by atoms with Gasteiger partial charge in [0.25, 0.3) is 0 Å². The van der Waals surface area contributed by atoms with Crippen LogP contribution in [0.3, 0.4) is 0 Å². The predicted octanol–water partition coefficient (Wildman–Crippen LogP) is 1.72. The van der Waals surface area contributed by atoms with Crippen molar-refractivity contribution in [3.05, 3.63) is 18.2 Å². The molecule has 0 bridgehead atoms. The van der Waals surface area contributed by atoms with Gasteiger partial charge in [0.15, 0.2) is 0 Å². The number of imidazole rings is 1. The van der Waals surface area contributed by atoms with Gasteiger partial charge in [-0.15, -0.1) is 0 Å². The molecule has 1 fully saturated rings. The molecule has 1 aromatic heterocycles. The van der Waals surface area contributed by atoms with Crippen molar-refractivity contribution in [1.29, 1.82) is 0 Å². The maximum absolute atomic E-state index is 4.39. The largest absolute Gasteiger partial charge is 0.330 e. The summed E-state index contributed by atoms with van der Waals surface area (Å²) in [5, 5.41) is 3.45. The molecule has 0 amide bonds. The summed E-state index contributed by atoms with van der Waals surface area (Å²) >= 11 is 0. The Bertz CT molecular complexity index is 364. The molecular weight excluding hydrogens is 224 g/mol. The van der Waals surface area contributed by atoms with Crippen LogP contribution < -0.4 is 5.32 Å². The lowest BCUT2D eigenvalue weighted by Gasteiger charge is -2.28. The van der Waals surface area contributed by atoms with Gasteiger partial charge in [0, 0.05) is 36.9 Å². The normalized spacial score (nSPS) is 22.0. The smallest absolute Gasteiger partial charge is 0.0951 e. The van der Waals surface area contributed by atoms with E-state index in [1.54, 1.807) is 0 Å². The number of aromatic nitrogens is 2. The Morgan fingerprint density at radius 2 is 2.28 bits per heavy atom. The molecule has 4 heteroatoms. The molecule has 2 unspecified atom stereocenters. The molecule has 1 aliphatic rings. The van der Waals surface area contributed by atoms with Gasteiger partial charge in [-0.2, -0.15) is 0 Å². The highest BCUT2D eigenvalue weighted by Gasteiger charge is 2.25. The Morgan fingerprint density at radius 3 is 2.83 bits per heavy atom. The molecule has 1 N–H and O–H groups in total. The van der Waals surface area contributed by atoms with Crippen molar-refractivity contribution in [2.24, 2.45) is 5.92 Å². The van der Waals surface area contributed by atoms with Crippen LogP contribution >= 0.6 is 0 Å². The van der Waals surface area contributed by atoms with E-state index in [0.717, 1.165) is 19.6 Å². The van der Waals surface area contributed by atoms with E-state index in [-0.39, 0.29) is 0 Å². The van der Waals surface area contributed by atoms with Gasteiger partial charge in [-0.25, -0.2) is 4.98 Å². The third kappa shape index (κ3) is 2.93. The van der Waals surface area contributed by atoms with Crippen molar-refractivity contribution in [3.8, 4) is 0 Å². The fourth-order valence-corrected chi connectivity index (χ4v) is 2.81. The van der Waals surface area contributed by atoms with Gasteiger partial charge in [0.1, 0.15) is 0 Å². The maximum Gasteiger partial charge on any atom is 0.0951 e. The molecule has 1 saturated heterocycles. The van der Waals surface area contributed by atoms with Gasteiger partial charge in [-0.05, 0) is 33.0 Å². The highest BCUT2D eigenvalue weighted by Crippen LogP contribution is 2.27. The monoisotopic (exact) mass is 250 g/mol. The minimum absolute atomic E-state index is 0.512. The summed E-state index contributed by atoms with van der Waals surface area (Å²) in [5.41, 5.74) is 1.40. The van der Waals surface area contributed by atoms with E-state index in [9.17, 15) is 0 Å². The minimum atomic E-state index is 0.512. The van der Waals surface area contributed by atoms with Crippen LogP contribution in [-0.4, -0.2) is 48.2 Å². The highest BCUT2D eigenvalue weighted by atomic mass is 15.2. The Balaban J connectivity index is 2.21. The molecule has 2 heterocycles. The van der Waals surface area contributed by atoms with Gasteiger partial charge < -0.3 is 14.8 Å². The van der Waals surface area contributed by atoms with Gasteiger partial charge >= 0.3 is 0 Å². The van der Waals surface area contributed by atoms with Crippen molar-refractivity contribution in [2.45, 2.75) is 32.2 Å². The molecular formula is C14H26N4. The first-order chi connectivity index (χ1) is 8.59. The molecule has 4 nitrogen and oxygen atoms in total. The van der Waals surface area contributed by atoms with Crippen LogP contribution in [0.25, 0.3) is 0 Å². The first-order valence-electron chi connectivity index (χ1n) is 6.96. The van der Waals surface area contributed by atoms with Crippen LogP contribution in [0.15, 0.2) is 12.5 Å². The SMILES string of the molecule is CC(C)C(CN(C)C)n1cncc1C1CCNC1. The molecule has 102 valence electrons. The number of nitrogens with zero attached hydrogens (tertiary/aromatic N) is 3. The predicted molar refractivity (Wildman–Crippen MR) is 74.9 cm³/mol. The standard InChI is InChI=1S/C14H26N4/c1-11(2)14(9-17(3)4)18-10-16-8-13(18)12-5-6-15-7-12/h8,10-12,14-15H,5-7,9H2,1-4H3. The van der Waals surface area contributed by atoms with Gasteiger partial charge in [0.2, 0.25) is 0 Å². The van der Waals surface area contributed by atoms with Crippen LogP contribution in [0.2, 0.25) is 0 Å². The summed E-state index contributed by atoms with van der Waals surface area (Å²) in [6.45, 7) is 7.89. The van der Waals surface area contributed by atoms with Crippen LogP contribution in [0.4, 0.5) is 0 Å². The summed E-state index contributed by atoms with van der Waals surface area (Å²) in [7, 11) is 4.28. The van der Waals surface area contributed by atoms with E-state index >= 15 is 0 Å². The number of likely N-dealkylation sites (N-methyl/N-ethyl adjacent to an activating group) is 1. The van der Waals surface area contributed by atoms with Crippen LogP contribution in [0, 0.1) is 5.92 Å². The number of hydrogen-bond acceptors (Lipinski definition) is 3. The first kappa shape index (κ1) is 13.6.